The van der Waals surface area contributed by atoms with Crippen molar-refractivity contribution in [3.63, 3.8) is 0 Å². The monoisotopic (exact) mass is 443 g/mol. The summed E-state index contributed by atoms with van der Waals surface area (Å²) in [6, 6.07) is 9.49. The maximum atomic E-state index is 13.5. The first kappa shape index (κ1) is 21.2. The quantitative estimate of drug-likeness (QED) is 0.548. The van der Waals surface area contributed by atoms with Crippen molar-refractivity contribution in [2.24, 2.45) is 0 Å². The van der Waals surface area contributed by atoms with Crippen molar-refractivity contribution in [2.75, 3.05) is 34.0 Å². The highest BCUT2D eigenvalue weighted by Gasteiger charge is 2.42. The van der Waals surface area contributed by atoms with Crippen LogP contribution in [0.15, 0.2) is 45.6 Å². The van der Waals surface area contributed by atoms with Gasteiger partial charge in [-0.25, -0.2) is 0 Å². The van der Waals surface area contributed by atoms with E-state index in [2.05, 4.69) is 0 Å². The van der Waals surface area contributed by atoms with Crippen LogP contribution in [0.25, 0.3) is 11.0 Å². The second kappa shape index (κ2) is 8.61. The van der Waals surface area contributed by atoms with Crippen LogP contribution in [0, 0.1) is 0 Å². The predicted molar refractivity (Wildman–Crippen MR) is 116 cm³/mol. The van der Waals surface area contributed by atoms with Gasteiger partial charge < -0.3 is 23.5 Å². The fraction of sp³-hybridized carbons (Fsp3) is 0.304. The molecule has 1 aromatic heterocycles. The zero-order valence-electron chi connectivity index (χ0n) is 17.4. The number of rotatable bonds is 7. The van der Waals surface area contributed by atoms with Gasteiger partial charge in [0.2, 0.25) is 5.76 Å². The minimum absolute atomic E-state index is 0.0359. The minimum atomic E-state index is -0.651. The third kappa shape index (κ3) is 3.64. The largest absolute Gasteiger partial charge is 0.493 e. The molecule has 162 valence electrons. The van der Waals surface area contributed by atoms with Crippen molar-refractivity contribution >= 4 is 28.5 Å². The standard InChI is InChI=1S/C23H22ClNO6/c1-4-30-17-7-5-13(11-18(17)29-3)20-19-21(26)15-12-14(24)6-8-16(15)31-22(19)23(27)25(20)9-10-28-2/h5-8,11-12,20H,4,9-10H2,1-3H3. The van der Waals surface area contributed by atoms with E-state index in [1.807, 2.05) is 13.0 Å². The Morgan fingerprint density at radius 2 is 1.90 bits per heavy atom. The summed E-state index contributed by atoms with van der Waals surface area (Å²) in [7, 11) is 3.10. The summed E-state index contributed by atoms with van der Waals surface area (Å²) < 4.78 is 22.2. The average Bonchev–Trinajstić information content (AvgIpc) is 3.05. The Kier molecular flexibility index (Phi) is 5.89. The van der Waals surface area contributed by atoms with Gasteiger partial charge in [-0.15, -0.1) is 0 Å². The topological polar surface area (TPSA) is 78.2 Å². The third-order valence-electron chi connectivity index (χ3n) is 5.27. The fourth-order valence-corrected chi connectivity index (χ4v) is 4.06. The van der Waals surface area contributed by atoms with Crippen LogP contribution in [0.4, 0.5) is 0 Å². The number of fused-ring (bicyclic) bond motifs is 2. The van der Waals surface area contributed by atoms with E-state index in [0.29, 0.717) is 46.3 Å². The number of hydrogen-bond acceptors (Lipinski definition) is 6. The van der Waals surface area contributed by atoms with Crippen molar-refractivity contribution in [2.45, 2.75) is 13.0 Å². The molecule has 0 saturated heterocycles. The maximum absolute atomic E-state index is 13.5. The lowest BCUT2D eigenvalue weighted by Crippen LogP contribution is -2.32. The van der Waals surface area contributed by atoms with Crippen LogP contribution in [0.2, 0.25) is 5.02 Å². The smallest absolute Gasteiger partial charge is 0.290 e. The summed E-state index contributed by atoms with van der Waals surface area (Å²) in [6.07, 6.45) is 0. The zero-order chi connectivity index (χ0) is 22.1. The van der Waals surface area contributed by atoms with E-state index in [4.69, 9.17) is 30.2 Å². The van der Waals surface area contributed by atoms with Gasteiger partial charge in [0.1, 0.15) is 5.58 Å². The molecule has 0 spiro atoms. The number of hydrogen-bond donors (Lipinski definition) is 0. The lowest BCUT2D eigenvalue weighted by molar-refractivity contribution is 0.0663. The first-order valence-electron chi connectivity index (χ1n) is 9.87. The Labute approximate surface area is 184 Å². The molecule has 0 aliphatic carbocycles. The predicted octanol–water partition coefficient (Wildman–Crippen LogP) is 4.05. The highest BCUT2D eigenvalue weighted by atomic mass is 35.5. The van der Waals surface area contributed by atoms with E-state index in [1.54, 1.807) is 49.5 Å². The van der Waals surface area contributed by atoms with E-state index >= 15 is 0 Å². The summed E-state index contributed by atoms with van der Waals surface area (Å²) in [6.45, 7) is 2.96. The highest BCUT2D eigenvalue weighted by Crippen LogP contribution is 2.41. The summed E-state index contributed by atoms with van der Waals surface area (Å²) in [5.74, 6) is 0.770. The van der Waals surface area contributed by atoms with Crippen LogP contribution in [-0.2, 0) is 4.74 Å². The number of carbonyl (C=O) groups excluding carboxylic acids is 1. The summed E-state index contributed by atoms with van der Waals surface area (Å²) in [4.78, 5) is 28.3. The molecule has 2 heterocycles. The normalized spacial score (nSPS) is 15.4. The molecule has 0 N–H and O–H groups in total. The van der Waals surface area contributed by atoms with E-state index in [1.165, 1.54) is 0 Å². The number of halogens is 1. The fourth-order valence-electron chi connectivity index (χ4n) is 3.89. The Morgan fingerprint density at radius 1 is 1.10 bits per heavy atom. The molecule has 1 unspecified atom stereocenters. The Balaban J connectivity index is 1.94. The second-order valence-electron chi connectivity index (χ2n) is 7.05. The first-order valence-corrected chi connectivity index (χ1v) is 10.2. The molecular formula is C23H22ClNO6. The van der Waals surface area contributed by atoms with E-state index in [-0.39, 0.29) is 29.2 Å². The molecule has 2 aromatic carbocycles. The van der Waals surface area contributed by atoms with Crippen LogP contribution in [0.5, 0.6) is 11.5 Å². The van der Waals surface area contributed by atoms with Gasteiger partial charge in [0.25, 0.3) is 5.91 Å². The van der Waals surface area contributed by atoms with Crippen molar-refractivity contribution < 1.29 is 23.4 Å². The molecule has 3 aromatic rings. The molecular weight excluding hydrogens is 422 g/mol. The molecule has 1 aliphatic heterocycles. The van der Waals surface area contributed by atoms with Crippen molar-refractivity contribution in [1.82, 2.24) is 4.90 Å². The van der Waals surface area contributed by atoms with Crippen LogP contribution >= 0.6 is 11.6 Å². The number of nitrogens with zero attached hydrogens (tertiary/aromatic N) is 1. The molecule has 4 rings (SSSR count). The van der Waals surface area contributed by atoms with E-state index in [0.717, 1.165) is 0 Å². The number of carbonyl (C=O) groups is 1. The van der Waals surface area contributed by atoms with E-state index < -0.39 is 6.04 Å². The molecule has 1 aliphatic rings. The van der Waals surface area contributed by atoms with Gasteiger partial charge in [-0.1, -0.05) is 17.7 Å². The number of ether oxygens (including phenoxy) is 3. The highest BCUT2D eigenvalue weighted by molar-refractivity contribution is 6.31. The molecule has 0 bridgehead atoms. The van der Waals surface area contributed by atoms with Gasteiger partial charge in [0.05, 0.1) is 37.3 Å². The van der Waals surface area contributed by atoms with E-state index in [9.17, 15) is 9.59 Å². The Bertz CT molecular complexity index is 1200. The molecule has 0 saturated carbocycles. The number of amides is 1. The molecule has 1 amide bonds. The second-order valence-corrected chi connectivity index (χ2v) is 7.49. The lowest BCUT2D eigenvalue weighted by atomic mass is 9.98. The molecule has 0 fully saturated rings. The SMILES string of the molecule is CCOc1ccc(C2c3c(oc4ccc(Cl)cc4c3=O)C(=O)N2CCOC)cc1OC. The van der Waals surface area contributed by atoms with Gasteiger partial charge in [-0.3, -0.25) is 9.59 Å². The van der Waals surface area contributed by atoms with Crippen molar-refractivity contribution in [3.05, 3.63) is 68.5 Å². The summed E-state index contributed by atoms with van der Waals surface area (Å²) in [5, 5.41) is 0.746. The molecule has 31 heavy (non-hydrogen) atoms. The van der Waals surface area contributed by atoms with Crippen LogP contribution in [0.1, 0.15) is 34.6 Å². The van der Waals surface area contributed by atoms with Gasteiger partial charge >= 0.3 is 0 Å². The van der Waals surface area contributed by atoms with Crippen LogP contribution in [0.3, 0.4) is 0 Å². The van der Waals surface area contributed by atoms with Crippen molar-refractivity contribution in [3.8, 4) is 11.5 Å². The number of benzene rings is 2. The lowest BCUT2D eigenvalue weighted by Gasteiger charge is -2.25. The Hall–Kier alpha value is -3.03. The molecule has 8 heteroatoms. The summed E-state index contributed by atoms with van der Waals surface area (Å²) >= 11 is 6.10. The minimum Gasteiger partial charge on any atom is -0.493 e. The molecule has 0 radical (unpaired) electrons. The molecule has 7 nitrogen and oxygen atoms in total. The third-order valence-corrected chi connectivity index (χ3v) is 5.50. The number of methoxy groups -OCH3 is 2. The zero-order valence-corrected chi connectivity index (χ0v) is 18.2. The van der Waals surface area contributed by atoms with Crippen molar-refractivity contribution in [1.29, 1.82) is 0 Å². The van der Waals surface area contributed by atoms with Gasteiger partial charge in [0.15, 0.2) is 16.9 Å². The molecule has 1 atom stereocenters. The van der Waals surface area contributed by atoms with Crippen LogP contribution in [-0.4, -0.2) is 44.8 Å². The first-order chi connectivity index (χ1) is 15.0. The van der Waals surface area contributed by atoms with Gasteiger partial charge in [-0.05, 0) is 42.8 Å². The summed E-state index contributed by atoms with van der Waals surface area (Å²) in [5.41, 5.74) is 1.02. The Morgan fingerprint density at radius 3 is 2.61 bits per heavy atom. The average molecular weight is 444 g/mol. The van der Waals surface area contributed by atoms with Gasteiger partial charge in [0, 0.05) is 18.7 Å². The van der Waals surface area contributed by atoms with Gasteiger partial charge in [-0.2, -0.15) is 0 Å². The van der Waals surface area contributed by atoms with Crippen LogP contribution < -0.4 is 14.9 Å². The maximum Gasteiger partial charge on any atom is 0.290 e.